The Labute approximate surface area is 155 Å². The van der Waals surface area contributed by atoms with Crippen LogP contribution >= 0.6 is 0 Å². The van der Waals surface area contributed by atoms with Gasteiger partial charge in [-0.15, -0.1) is 0 Å². The number of rotatable bonds is 6. The van der Waals surface area contributed by atoms with Gasteiger partial charge in [0.25, 0.3) is 5.88 Å². The predicted octanol–water partition coefficient (Wildman–Crippen LogP) is 3.98. The molecule has 7 heteroatoms. The Morgan fingerprint density at radius 3 is 2.85 bits per heavy atom. The van der Waals surface area contributed by atoms with Crippen LogP contribution in [-0.4, -0.2) is 16.3 Å². The van der Waals surface area contributed by atoms with Gasteiger partial charge in [0.05, 0.1) is 17.8 Å². The maximum Gasteiger partial charge on any atom is 0.254 e. The van der Waals surface area contributed by atoms with Crippen LogP contribution < -0.4 is 4.74 Å². The van der Waals surface area contributed by atoms with Crippen molar-refractivity contribution in [2.24, 2.45) is 5.92 Å². The fourth-order valence-corrected chi connectivity index (χ4v) is 2.93. The number of hydrogen-bond donors (Lipinski definition) is 0. The molecule has 0 fully saturated rings. The van der Waals surface area contributed by atoms with Crippen molar-refractivity contribution in [2.75, 3.05) is 0 Å². The zero-order valence-electron chi connectivity index (χ0n) is 14.5. The molecule has 1 aliphatic carbocycles. The van der Waals surface area contributed by atoms with Gasteiger partial charge in [-0.1, -0.05) is 12.1 Å². The number of allylic oxidation sites excluding steroid dienone is 2. The molecule has 27 heavy (non-hydrogen) atoms. The molecule has 138 valence electrons. The Balaban J connectivity index is 1.73. The minimum absolute atomic E-state index is 0.196. The van der Waals surface area contributed by atoms with Crippen LogP contribution in [0.4, 0.5) is 8.78 Å². The lowest BCUT2D eigenvalue weighted by Crippen LogP contribution is -2.09. The van der Waals surface area contributed by atoms with Crippen LogP contribution in [0.25, 0.3) is 5.57 Å². The second-order valence-corrected chi connectivity index (χ2v) is 6.33. The summed E-state index contributed by atoms with van der Waals surface area (Å²) >= 11 is 0. The minimum atomic E-state index is -0.733. The number of nitriles is 1. The molecule has 0 bridgehead atoms. The predicted molar refractivity (Wildman–Crippen MR) is 93.4 cm³/mol. The minimum Gasteiger partial charge on any atom is -0.471 e. The Bertz CT molecular complexity index is 922. The molecule has 1 atom stereocenters. The van der Waals surface area contributed by atoms with Crippen LogP contribution in [0, 0.1) is 28.9 Å². The van der Waals surface area contributed by atoms with Crippen LogP contribution in [0.3, 0.4) is 0 Å². The maximum absolute atomic E-state index is 14.0. The summed E-state index contributed by atoms with van der Waals surface area (Å²) in [5, 5.41) is 8.76. The highest BCUT2D eigenvalue weighted by Crippen LogP contribution is 2.30. The van der Waals surface area contributed by atoms with Crippen LogP contribution in [0.5, 0.6) is 5.88 Å². The van der Waals surface area contributed by atoms with Crippen molar-refractivity contribution < 1.29 is 18.3 Å². The van der Waals surface area contributed by atoms with Crippen molar-refractivity contribution in [3.05, 3.63) is 59.1 Å². The normalized spacial score (nSPS) is 16.3. The van der Waals surface area contributed by atoms with Gasteiger partial charge in [-0.25, -0.2) is 9.37 Å². The van der Waals surface area contributed by atoms with E-state index in [1.807, 2.05) is 12.1 Å². The average Bonchev–Trinajstić information content (AvgIpc) is 2.69. The third-order valence-electron chi connectivity index (χ3n) is 4.49. The second-order valence-electron chi connectivity index (χ2n) is 6.33. The molecule has 5 nitrogen and oxygen atoms in total. The van der Waals surface area contributed by atoms with E-state index in [2.05, 4.69) is 9.97 Å². The van der Waals surface area contributed by atoms with E-state index in [0.29, 0.717) is 24.6 Å². The molecule has 2 aromatic rings. The largest absolute Gasteiger partial charge is 0.471 e. The zero-order chi connectivity index (χ0) is 19.2. The summed E-state index contributed by atoms with van der Waals surface area (Å²) in [7, 11) is 0. The van der Waals surface area contributed by atoms with E-state index in [1.54, 1.807) is 0 Å². The van der Waals surface area contributed by atoms with Crippen molar-refractivity contribution in [1.29, 1.82) is 5.26 Å². The number of aromatic nitrogens is 2. The van der Waals surface area contributed by atoms with E-state index >= 15 is 0 Å². The second kappa shape index (κ2) is 8.49. The number of ether oxygens (including phenoxy) is 1. The first-order chi connectivity index (χ1) is 13.1. The van der Waals surface area contributed by atoms with E-state index in [0.717, 1.165) is 37.0 Å². The van der Waals surface area contributed by atoms with Crippen LogP contribution in [-0.2, 0) is 11.4 Å². The lowest BCUT2D eigenvalue weighted by atomic mass is 9.87. The molecule has 3 rings (SSSR count). The fourth-order valence-electron chi connectivity index (χ4n) is 2.93. The number of carbonyl (C=O) groups is 1. The molecule has 0 amide bonds. The summed E-state index contributed by atoms with van der Waals surface area (Å²) in [5.74, 6) is -0.888. The third-order valence-corrected chi connectivity index (χ3v) is 4.49. The smallest absolute Gasteiger partial charge is 0.254 e. The highest BCUT2D eigenvalue weighted by atomic mass is 19.1. The van der Waals surface area contributed by atoms with Crippen LogP contribution in [0.15, 0.2) is 30.5 Å². The Kier molecular flexibility index (Phi) is 5.87. The molecule has 0 N–H and O–H groups in total. The lowest BCUT2D eigenvalue weighted by Gasteiger charge is -2.19. The molecule has 1 aromatic heterocycles. The van der Waals surface area contributed by atoms with E-state index in [9.17, 15) is 13.6 Å². The molecule has 0 saturated carbocycles. The molecule has 0 spiro atoms. The van der Waals surface area contributed by atoms with Crippen LogP contribution in [0.1, 0.15) is 42.6 Å². The molecule has 0 saturated heterocycles. The number of aldehydes is 1. The highest BCUT2D eigenvalue weighted by Gasteiger charge is 2.18. The first-order valence-corrected chi connectivity index (χ1v) is 8.57. The SMILES string of the molecule is N#Cc1ccc(COc2nc(C3=CCC(CC=O)CC3)ncc2F)c(F)c1. The van der Waals surface area contributed by atoms with Crippen molar-refractivity contribution in [3.63, 3.8) is 0 Å². The van der Waals surface area contributed by atoms with E-state index in [4.69, 9.17) is 10.00 Å². The van der Waals surface area contributed by atoms with Crippen molar-refractivity contribution in [2.45, 2.75) is 32.3 Å². The topological polar surface area (TPSA) is 75.9 Å². The number of nitrogens with zero attached hydrogens (tertiary/aromatic N) is 3. The summed E-state index contributed by atoms with van der Waals surface area (Å²) in [5.41, 5.74) is 1.28. The van der Waals surface area contributed by atoms with E-state index < -0.39 is 11.6 Å². The van der Waals surface area contributed by atoms with Gasteiger partial charge >= 0.3 is 0 Å². The van der Waals surface area contributed by atoms with Gasteiger partial charge in [0.1, 0.15) is 18.7 Å². The Morgan fingerprint density at radius 2 is 2.19 bits per heavy atom. The molecule has 0 aliphatic heterocycles. The van der Waals surface area contributed by atoms with Gasteiger partial charge in [-0.3, -0.25) is 0 Å². The quantitative estimate of drug-likeness (QED) is 0.720. The van der Waals surface area contributed by atoms with Gasteiger partial charge in [0.15, 0.2) is 5.82 Å². The van der Waals surface area contributed by atoms with Gasteiger partial charge in [-0.05, 0) is 42.9 Å². The van der Waals surface area contributed by atoms with Gasteiger partial charge in [-0.2, -0.15) is 14.6 Å². The van der Waals surface area contributed by atoms with E-state index in [1.165, 1.54) is 12.1 Å². The summed E-state index contributed by atoms with van der Waals surface area (Å²) in [6.07, 6.45) is 6.75. The number of hydrogen-bond acceptors (Lipinski definition) is 5. The van der Waals surface area contributed by atoms with Gasteiger partial charge in [0, 0.05) is 12.0 Å². The van der Waals surface area contributed by atoms with Crippen LogP contribution in [0.2, 0.25) is 0 Å². The van der Waals surface area contributed by atoms with E-state index in [-0.39, 0.29) is 23.6 Å². The Hall–Kier alpha value is -3.14. The molecule has 1 heterocycles. The summed E-state index contributed by atoms with van der Waals surface area (Å²) < 4.78 is 33.2. The van der Waals surface area contributed by atoms with Crippen molar-refractivity contribution >= 4 is 11.9 Å². The van der Waals surface area contributed by atoms with Crippen molar-refractivity contribution in [1.82, 2.24) is 9.97 Å². The lowest BCUT2D eigenvalue weighted by molar-refractivity contribution is -0.108. The third kappa shape index (κ3) is 4.53. The van der Waals surface area contributed by atoms with Crippen molar-refractivity contribution in [3.8, 4) is 11.9 Å². The molecule has 0 radical (unpaired) electrons. The van der Waals surface area contributed by atoms with Gasteiger partial charge in [0.2, 0.25) is 5.82 Å². The molecule has 1 aromatic carbocycles. The summed E-state index contributed by atoms with van der Waals surface area (Å²) in [4.78, 5) is 18.7. The molecular weight excluding hydrogens is 352 g/mol. The maximum atomic E-state index is 14.0. The summed E-state index contributed by atoms with van der Waals surface area (Å²) in [6.45, 7) is -0.217. The number of halogens is 2. The first kappa shape index (κ1) is 18.6. The molecular formula is C20H17F2N3O2. The Morgan fingerprint density at radius 1 is 1.33 bits per heavy atom. The first-order valence-electron chi connectivity index (χ1n) is 8.57. The monoisotopic (exact) mass is 369 g/mol. The molecule has 1 aliphatic rings. The average molecular weight is 369 g/mol. The number of carbonyl (C=O) groups excluding carboxylic acids is 1. The number of benzene rings is 1. The standard InChI is InChI=1S/C20H17F2N3O2/c21-17-9-14(10-23)3-6-16(17)12-27-20-18(22)11-24-19(25-20)15-4-1-13(2-5-15)7-8-26/h3-4,6,8-9,11,13H,1-2,5,7,12H2. The zero-order valence-corrected chi connectivity index (χ0v) is 14.5. The van der Waals surface area contributed by atoms with Gasteiger partial charge < -0.3 is 9.53 Å². The molecule has 1 unspecified atom stereocenters. The fraction of sp³-hybridized carbons (Fsp3) is 0.300. The summed E-state index contributed by atoms with van der Waals surface area (Å²) in [6, 6.07) is 5.83. The highest BCUT2D eigenvalue weighted by molar-refractivity contribution is 5.61.